The molecule has 0 fully saturated rings. The van der Waals surface area contributed by atoms with E-state index in [1.54, 1.807) is 0 Å². The summed E-state index contributed by atoms with van der Waals surface area (Å²) in [6.45, 7) is 7.47. The standard InChI is InChI=1S/C10H15NO/c1-4-12-7-10-5-8(2)11-9(3)6-10/h5-6H,4,7H2,1-3H3. The molecule has 2 heteroatoms. The van der Waals surface area contributed by atoms with Crippen LogP contribution in [0.4, 0.5) is 0 Å². The minimum atomic E-state index is 0.695. The smallest absolute Gasteiger partial charge is 0.0718 e. The second-order valence-electron chi connectivity index (χ2n) is 2.90. The Morgan fingerprint density at radius 2 is 1.83 bits per heavy atom. The highest BCUT2D eigenvalue weighted by Crippen LogP contribution is 2.05. The highest BCUT2D eigenvalue weighted by Gasteiger charge is 1.95. The molecule has 12 heavy (non-hydrogen) atoms. The van der Waals surface area contributed by atoms with Crippen LogP contribution in [0.5, 0.6) is 0 Å². The van der Waals surface area contributed by atoms with E-state index in [0.29, 0.717) is 6.61 Å². The van der Waals surface area contributed by atoms with Crippen LogP contribution in [0.25, 0.3) is 0 Å². The summed E-state index contributed by atoms with van der Waals surface area (Å²) in [5.41, 5.74) is 3.33. The first-order valence-electron chi connectivity index (χ1n) is 4.24. The Kier molecular flexibility index (Phi) is 3.23. The van der Waals surface area contributed by atoms with Crippen LogP contribution in [-0.4, -0.2) is 11.6 Å². The molecular weight excluding hydrogens is 150 g/mol. The quantitative estimate of drug-likeness (QED) is 0.685. The summed E-state index contributed by atoms with van der Waals surface area (Å²) in [6.07, 6.45) is 0. The monoisotopic (exact) mass is 165 g/mol. The van der Waals surface area contributed by atoms with Gasteiger partial charge in [0.05, 0.1) is 6.61 Å². The molecule has 1 heterocycles. The molecule has 0 atom stereocenters. The molecule has 0 saturated heterocycles. The van der Waals surface area contributed by atoms with Crippen molar-refractivity contribution in [3.63, 3.8) is 0 Å². The highest BCUT2D eigenvalue weighted by molar-refractivity contribution is 5.19. The predicted molar refractivity (Wildman–Crippen MR) is 49.0 cm³/mol. The topological polar surface area (TPSA) is 22.1 Å². The molecule has 1 aromatic heterocycles. The number of ether oxygens (including phenoxy) is 1. The van der Waals surface area contributed by atoms with Gasteiger partial charge >= 0.3 is 0 Å². The van der Waals surface area contributed by atoms with Gasteiger partial charge in [-0.25, -0.2) is 0 Å². The van der Waals surface area contributed by atoms with E-state index in [-0.39, 0.29) is 0 Å². The summed E-state index contributed by atoms with van der Waals surface area (Å²) < 4.78 is 5.30. The number of pyridine rings is 1. The molecular formula is C10H15NO. The van der Waals surface area contributed by atoms with Gasteiger partial charge in [-0.15, -0.1) is 0 Å². The molecule has 0 aliphatic rings. The molecule has 66 valence electrons. The zero-order chi connectivity index (χ0) is 8.97. The summed E-state index contributed by atoms with van der Waals surface area (Å²) in [7, 11) is 0. The lowest BCUT2D eigenvalue weighted by Crippen LogP contribution is -1.95. The third-order valence-electron chi connectivity index (χ3n) is 1.61. The van der Waals surface area contributed by atoms with Crippen LogP contribution >= 0.6 is 0 Å². The minimum Gasteiger partial charge on any atom is -0.377 e. The van der Waals surface area contributed by atoms with E-state index in [0.717, 1.165) is 18.0 Å². The molecule has 0 radical (unpaired) electrons. The predicted octanol–water partition coefficient (Wildman–Crippen LogP) is 2.23. The van der Waals surface area contributed by atoms with Crippen molar-refractivity contribution >= 4 is 0 Å². The number of aromatic nitrogens is 1. The van der Waals surface area contributed by atoms with Crippen molar-refractivity contribution in [1.29, 1.82) is 0 Å². The molecule has 0 spiro atoms. The molecule has 0 aliphatic carbocycles. The summed E-state index contributed by atoms with van der Waals surface area (Å²) in [4.78, 5) is 4.29. The lowest BCUT2D eigenvalue weighted by atomic mass is 10.2. The molecule has 0 unspecified atom stereocenters. The molecule has 0 N–H and O–H groups in total. The summed E-state index contributed by atoms with van der Waals surface area (Å²) in [5, 5.41) is 0. The Labute approximate surface area is 73.6 Å². The Bertz CT molecular complexity index is 238. The van der Waals surface area contributed by atoms with E-state index in [9.17, 15) is 0 Å². The van der Waals surface area contributed by atoms with Gasteiger partial charge < -0.3 is 4.74 Å². The SMILES string of the molecule is CCOCc1cc(C)nc(C)c1. The largest absolute Gasteiger partial charge is 0.377 e. The van der Waals surface area contributed by atoms with Crippen molar-refractivity contribution in [2.24, 2.45) is 0 Å². The van der Waals surface area contributed by atoms with Crippen LogP contribution in [0.3, 0.4) is 0 Å². The van der Waals surface area contributed by atoms with Crippen LogP contribution in [0.1, 0.15) is 23.9 Å². The number of hydrogen-bond donors (Lipinski definition) is 0. The van der Waals surface area contributed by atoms with Gasteiger partial charge in [0.2, 0.25) is 0 Å². The van der Waals surface area contributed by atoms with Gasteiger partial charge in [0.15, 0.2) is 0 Å². The zero-order valence-electron chi connectivity index (χ0n) is 7.92. The molecule has 2 nitrogen and oxygen atoms in total. The highest BCUT2D eigenvalue weighted by atomic mass is 16.5. The van der Waals surface area contributed by atoms with Gasteiger partial charge in [-0.1, -0.05) is 0 Å². The first kappa shape index (κ1) is 9.20. The maximum Gasteiger partial charge on any atom is 0.0718 e. The number of nitrogens with zero attached hydrogens (tertiary/aromatic N) is 1. The van der Waals surface area contributed by atoms with Crippen molar-refractivity contribution in [3.8, 4) is 0 Å². The Balaban J connectivity index is 2.72. The fourth-order valence-corrected chi connectivity index (χ4v) is 1.22. The fourth-order valence-electron chi connectivity index (χ4n) is 1.22. The average molecular weight is 165 g/mol. The summed E-state index contributed by atoms with van der Waals surface area (Å²) in [6, 6.07) is 4.12. The maximum atomic E-state index is 5.30. The summed E-state index contributed by atoms with van der Waals surface area (Å²) >= 11 is 0. The second kappa shape index (κ2) is 4.21. The number of hydrogen-bond acceptors (Lipinski definition) is 2. The molecule has 0 bridgehead atoms. The fraction of sp³-hybridized carbons (Fsp3) is 0.500. The molecule has 0 saturated carbocycles. The van der Waals surface area contributed by atoms with Crippen molar-refractivity contribution < 1.29 is 4.74 Å². The van der Waals surface area contributed by atoms with E-state index < -0.39 is 0 Å². The van der Waals surface area contributed by atoms with Gasteiger partial charge in [-0.3, -0.25) is 4.98 Å². The minimum absolute atomic E-state index is 0.695. The summed E-state index contributed by atoms with van der Waals surface area (Å²) in [5.74, 6) is 0. The van der Waals surface area contributed by atoms with Crippen molar-refractivity contribution in [1.82, 2.24) is 4.98 Å². The Hall–Kier alpha value is -0.890. The lowest BCUT2D eigenvalue weighted by Gasteiger charge is -2.03. The van der Waals surface area contributed by atoms with E-state index in [1.807, 2.05) is 20.8 Å². The van der Waals surface area contributed by atoms with Crippen LogP contribution < -0.4 is 0 Å². The first-order chi connectivity index (χ1) is 5.72. The van der Waals surface area contributed by atoms with E-state index >= 15 is 0 Å². The zero-order valence-corrected chi connectivity index (χ0v) is 7.92. The van der Waals surface area contributed by atoms with Gasteiger partial charge in [0.25, 0.3) is 0 Å². The molecule has 0 aromatic carbocycles. The third-order valence-corrected chi connectivity index (χ3v) is 1.61. The Morgan fingerprint density at radius 1 is 1.25 bits per heavy atom. The Morgan fingerprint density at radius 3 is 2.33 bits per heavy atom. The number of aryl methyl sites for hydroxylation is 2. The van der Waals surface area contributed by atoms with Crippen LogP contribution in [0, 0.1) is 13.8 Å². The van der Waals surface area contributed by atoms with E-state index in [2.05, 4.69) is 17.1 Å². The van der Waals surface area contributed by atoms with Gasteiger partial charge in [-0.2, -0.15) is 0 Å². The van der Waals surface area contributed by atoms with E-state index in [1.165, 1.54) is 5.56 Å². The first-order valence-corrected chi connectivity index (χ1v) is 4.24. The number of rotatable bonds is 3. The van der Waals surface area contributed by atoms with Gasteiger partial charge in [0, 0.05) is 18.0 Å². The maximum absolute atomic E-state index is 5.30. The average Bonchev–Trinajstić information content (AvgIpc) is 1.99. The second-order valence-corrected chi connectivity index (χ2v) is 2.90. The molecule has 0 aliphatic heterocycles. The normalized spacial score (nSPS) is 10.2. The molecule has 0 amide bonds. The molecule has 1 aromatic rings. The van der Waals surface area contributed by atoms with Crippen LogP contribution in [0.15, 0.2) is 12.1 Å². The van der Waals surface area contributed by atoms with Crippen molar-refractivity contribution in [3.05, 3.63) is 29.1 Å². The van der Waals surface area contributed by atoms with Crippen LogP contribution in [-0.2, 0) is 11.3 Å². The van der Waals surface area contributed by atoms with Crippen LogP contribution in [0.2, 0.25) is 0 Å². The third kappa shape index (κ3) is 2.62. The molecule has 1 rings (SSSR count). The van der Waals surface area contributed by atoms with Gasteiger partial charge in [-0.05, 0) is 38.5 Å². The van der Waals surface area contributed by atoms with Crippen molar-refractivity contribution in [2.45, 2.75) is 27.4 Å². The lowest BCUT2D eigenvalue weighted by molar-refractivity contribution is 0.134. The van der Waals surface area contributed by atoms with Gasteiger partial charge in [0.1, 0.15) is 0 Å². The van der Waals surface area contributed by atoms with Crippen molar-refractivity contribution in [2.75, 3.05) is 6.61 Å². The van der Waals surface area contributed by atoms with E-state index in [4.69, 9.17) is 4.74 Å².